The Balaban J connectivity index is 2.61. The van der Waals surface area contributed by atoms with Gasteiger partial charge >= 0.3 is 6.18 Å². The van der Waals surface area contributed by atoms with Crippen molar-refractivity contribution >= 4 is 0 Å². The smallest absolute Gasteiger partial charge is 0.395 e. The highest BCUT2D eigenvalue weighted by Crippen LogP contribution is 2.29. The van der Waals surface area contributed by atoms with Crippen LogP contribution in [0.3, 0.4) is 0 Å². The van der Waals surface area contributed by atoms with Crippen LogP contribution in [-0.4, -0.2) is 29.9 Å². The van der Waals surface area contributed by atoms with Gasteiger partial charge in [-0.3, -0.25) is 0 Å². The molecule has 1 aromatic rings. The van der Waals surface area contributed by atoms with Gasteiger partial charge in [0.2, 0.25) is 0 Å². The monoisotopic (exact) mass is 249 g/mol. The minimum Gasteiger partial charge on any atom is -0.395 e. The second kappa shape index (κ2) is 6.00. The first-order valence-electron chi connectivity index (χ1n) is 5.12. The standard InChI is InChI=1S/C11H14F3NO2/c12-11(13,14)9-3-1-8(2-4-9)10(17)7-15-5-6-16/h1-4,10,15-17H,5-7H2. The predicted molar refractivity (Wildman–Crippen MR) is 56.4 cm³/mol. The molecule has 0 bridgehead atoms. The van der Waals surface area contributed by atoms with Gasteiger partial charge in [-0.05, 0) is 17.7 Å². The number of aliphatic hydroxyl groups excluding tert-OH is 2. The maximum Gasteiger partial charge on any atom is 0.416 e. The molecule has 0 saturated carbocycles. The summed E-state index contributed by atoms with van der Waals surface area (Å²) in [5, 5.41) is 20.9. The van der Waals surface area contributed by atoms with Gasteiger partial charge in [0.25, 0.3) is 0 Å². The number of rotatable bonds is 5. The molecule has 1 atom stereocenters. The maximum absolute atomic E-state index is 12.3. The molecule has 1 unspecified atom stereocenters. The summed E-state index contributed by atoms with van der Waals surface area (Å²) >= 11 is 0. The highest BCUT2D eigenvalue weighted by molar-refractivity contribution is 5.26. The Morgan fingerprint density at radius 1 is 1.18 bits per heavy atom. The molecule has 0 radical (unpaired) electrons. The molecule has 6 heteroatoms. The van der Waals surface area contributed by atoms with Gasteiger partial charge in [0.1, 0.15) is 0 Å². The molecule has 3 N–H and O–H groups in total. The number of hydrogen-bond acceptors (Lipinski definition) is 3. The van der Waals surface area contributed by atoms with Crippen LogP contribution in [0.2, 0.25) is 0 Å². The van der Waals surface area contributed by atoms with Crippen molar-refractivity contribution in [1.29, 1.82) is 0 Å². The molecule has 17 heavy (non-hydrogen) atoms. The van der Waals surface area contributed by atoms with E-state index in [1.165, 1.54) is 12.1 Å². The van der Waals surface area contributed by atoms with E-state index >= 15 is 0 Å². The Morgan fingerprint density at radius 2 is 1.76 bits per heavy atom. The van der Waals surface area contributed by atoms with Gasteiger partial charge in [0, 0.05) is 13.1 Å². The Bertz CT molecular complexity index is 338. The van der Waals surface area contributed by atoms with Crippen molar-refractivity contribution in [3.63, 3.8) is 0 Å². The van der Waals surface area contributed by atoms with Crippen molar-refractivity contribution in [3.05, 3.63) is 35.4 Å². The van der Waals surface area contributed by atoms with Gasteiger partial charge in [-0.25, -0.2) is 0 Å². The third-order valence-electron chi connectivity index (χ3n) is 2.25. The number of benzene rings is 1. The van der Waals surface area contributed by atoms with Crippen LogP contribution < -0.4 is 5.32 Å². The Morgan fingerprint density at radius 3 is 2.24 bits per heavy atom. The molecule has 0 aliphatic heterocycles. The molecule has 0 saturated heterocycles. The van der Waals surface area contributed by atoms with E-state index in [4.69, 9.17) is 5.11 Å². The summed E-state index contributed by atoms with van der Waals surface area (Å²) in [7, 11) is 0. The van der Waals surface area contributed by atoms with Crippen LogP contribution in [0.25, 0.3) is 0 Å². The first-order chi connectivity index (χ1) is 7.95. The van der Waals surface area contributed by atoms with Gasteiger partial charge in [-0.2, -0.15) is 13.2 Å². The normalized spacial score (nSPS) is 13.7. The van der Waals surface area contributed by atoms with Crippen molar-refractivity contribution < 1.29 is 23.4 Å². The molecule has 0 amide bonds. The Labute approximate surface area is 96.9 Å². The van der Waals surface area contributed by atoms with Crippen molar-refractivity contribution in [1.82, 2.24) is 5.32 Å². The van der Waals surface area contributed by atoms with Crippen LogP contribution in [0, 0.1) is 0 Å². The first kappa shape index (κ1) is 14.0. The molecule has 3 nitrogen and oxygen atoms in total. The SMILES string of the molecule is OCCNCC(O)c1ccc(C(F)(F)F)cc1. The topological polar surface area (TPSA) is 52.5 Å². The molecular formula is C11H14F3NO2. The van der Waals surface area contributed by atoms with Crippen molar-refractivity contribution in [3.8, 4) is 0 Å². The van der Waals surface area contributed by atoms with Crippen LogP contribution in [-0.2, 0) is 6.18 Å². The lowest BCUT2D eigenvalue weighted by Gasteiger charge is -2.13. The van der Waals surface area contributed by atoms with Gasteiger partial charge in [0.15, 0.2) is 0 Å². The highest BCUT2D eigenvalue weighted by atomic mass is 19.4. The molecule has 1 rings (SSSR count). The number of hydrogen-bond donors (Lipinski definition) is 3. The quantitative estimate of drug-likeness (QED) is 0.690. The average Bonchev–Trinajstić information content (AvgIpc) is 2.28. The molecule has 0 fully saturated rings. The zero-order chi connectivity index (χ0) is 12.9. The fourth-order valence-electron chi connectivity index (χ4n) is 1.33. The summed E-state index contributed by atoms with van der Waals surface area (Å²) in [5.41, 5.74) is -0.333. The zero-order valence-corrected chi connectivity index (χ0v) is 9.04. The molecule has 0 spiro atoms. The van der Waals surface area contributed by atoms with Crippen molar-refractivity contribution in [2.75, 3.05) is 19.7 Å². The van der Waals surface area contributed by atoms with Gasteiger partial charge in [-0.1, -0.05) is 12.1 Å². The van der Waals surface area contributed by atoms with Gasteiger partial charge in [-0.15, -0.1) is 0 Å². The molecule has 0 aromatic heterocycles. The van der Waals surface area contributed by atoms with Crippen LogP contribution in [0.1, 0.15) is 17.2 Å². The Hall–Kier alpha value is -1.11. The number of aliphatic hydroxyl groups is 2. The van der Waals surface area contributed by atoms with Gasteiger partial charge < -0.3 is 15.5 Å². The van der Waals surface area contributed by atoms with E-state index in [-0.39, 0.29) is 13.2 Å². The highest BCUT2D eigenvalue weighted by Gasteiger charge is 2.30. The predicted octanol–water partition coefficient (Wildman–Crippen LogP) is 1.32. The molecule has 0 aliphatic carbocycles. The second-order valence-corrected chi connectivity index (χ2v) is 3.56. The largest absolute Gasteiger partial charge is 0.416 e. The molecule has 0 aliphatic rings. The summed E-state index contributed by atoms with van der Waals surface area (Å²) in [5.74, 6) is 0. The van der Waals surface area contributed by atoms with E-state index in [0.717, 1.165) is 12.1 Å². The van der Waals surface area contributed by atoms with E-state index in [0.29, 0.717) is 12.1 Å². The van der Waals surface area contributed by atoms with Crippen LogP contribution in [0.5, 0.6) is 0 Å². The van der Waals surface area contributed by atoms with Crippen molar-refractivity contribution in [2.45, 2.75) is 12.3 Å². The molecule has 0 heterocycles. The molecule has 96 valence electrons. The fraction of sp³-hybridized carbons (Fsp3) is 0.455. The summed E-state index contributed by atoms with van der Waals surface area (Å²) in [6, 6.07) is 4.36. The zero-order valence-electron chi connectivity index (χ0n) is 9.04. The summed E-state index contributed by atoms with van der Waals surface area (Å²) in [6.45, 7) is 0.462. The summed E-state index contributed by atoms with van der Waals surface area (Å²) in [6.07, 6.45) is -5.25. The number of halogens is 3. The molecular weight excluding hydrogens is 235 g/mol. The second-order valence-electron chi connectivity index (χ2n) is 3.56. The third kappa shape index (κ3) is 4.33. The van der Waals surface area contributed by atoms with E-state index in [9.17, 15) is 18.3 Å². The lowest BCUT2D eigenvalue weighted by molar-refractivity contribution is -0.137. The van der Waals surface area contributed by atoms with Crippen LogP contribution in [0.4, 0.5) is 13.2 Å². The lowest BCUT2D eigenvalue weighted by atomic mass is 10.1. The third-order valence-corrected chi connectivity index (χ3v) is 2.25. The van der Waals surface area contributed by atoms with Crippen LogP contribution >= 0.6 is 0 Å². The number of nitrogens with one attached hydrogen (secondary N) is 1. The van der Waals surface area contributed by atoms with Crippen molar-refractivity contribution in [2.24, 2.45) is 0 Å². The van der Waals surface area contributed by atoms with E-state index in [2.05, 4.69) is 5.32 Å². The lowest BCUT2D eigenvalue weighted by Crippen LogP contribution is -2.24. The summed E-state index contributed by atoms with van der Waals surface area (Å²) < 4.78 is 36.8. The molecule has 1 aromatic carbocycles. The first-order valence-corrected chi connectivity index (χ1v) is 5.12. The van der Waals surface area contributed by atoms with E-state index in [1.807, 2.05) is 0 Å². The van der Waals surface area contributed by atoms with E-state index in [1.54, 1.807) is 0 Å². The summed E-state index contributed by atoms with van der Waals surface area (Å²) in [4.78, 5) is 0. The maximum atomic E-state index is 12.3. The average molecular weight is 249 g/mol. The van der Waals surface area contributed by atoms with E-state index < -0.39 is 17.8 Å². The minimum atomic E-state index is -4.36. The Kier molecular flexibility index (Phi) is 4.92. The van der Waals surface area contributed by atoms with Gasteiger partial charge in [0.05, 0.1) is 18.3 Å². The minimum absolute atomic E-state index is 0.0558. The fourth-order valence-corrected chi connectivity index (χ4v) is 1.33. The van der Waals surface area contributed by atoms with Crippen LogP contribution in [0.15, 0.2) is 24.3 Å². The number of alkyl halides is 3.